The van der Waals surface area contributed by atoms with Crippen molar-refractivity contribution in [3.05, 3.63) is 0 Å². The van der Waals surface area contributed by atoms with Crippen LogP contribution >= 0.6 is 0 Å². The zero-order valence-corrected chi connectivity index (χ0v) is 9.15. The molecular weight excluding hydrogens is 192 g/mol. The monoisotopic (exact) mass is 210 g/mol. The molecule has 13 heavy (non-hydrogen) atoms. The van der Waals surface area contributed by atoms with E-state index in [2.05, 4.69) is 10.0 Å². The second-order valence-corrected chi connectivity index (χ2v) is 4.88. The van der Waals surface area contributed by atoms with Gasteiger partial charge < -0.3 is 10.1 Å². The third-order valence-electron chi connectivity index (χ3n) is 1.59. The molecule has 1 unspecified atom stereocenters. The fourth-order valence-electron chi connectivity index (χ4n) is 0.851. The molecule has 6 heteroatoms. The van der Waals surface area contributed by atoms with Crippen LogP contribution in [0.4, 0.5) is 0 Å². The number of sulfonamides is 1. The molecule has 0 heterocycles. The minimum Gasteiger partial charge on any atom is -0.383 e. The van der Waals surface area contributed by atoms with Crippen LogP contribution in [0.15, 0.2) is 0 Å². The molecule has 80 valence electrons. The molecule has 0 aliphatic heterocycles. The molecule has 0 aliphatic carbocycles. The summed E-state index contributed by atoms with van der Waals surface area (Å²) in [6, 6.07) is 0.178. The molecule has 0 fully saturated rings. The van der Waals surface area contributed by atoms with Gasteiger partial charge in [0.2, 0.25) is 10.0 Å². The Balaban J connectivity index is 3.56. The van der Waals surface area contributed by atoms with Crippen molar-refractivity contribution in [3.8, 4) is 0 Å². The molecule has 0 saturated heterocycles. The van der Waals surface area contributed by atoms with Crippen LogP contribution in [0.1, 0.15) is 6.92 Å². The highest BCUT2D eigenvalue weighted by Gasteiger charge is 2.07. The van der Waals surface area contributed by atoms with E-state index in [-0.39, 0.29) is 11.8 Å². The summed E-state index contributed by atoms with van der Waals surface area (Å²) in [5, 5.41) is 3.03. The number of hydrogen-bond acceptors (Lipinski definition) is 4. The van der Waals surface area contributed by atoms with Gasteiger partial charge in [-0.1, -0.05) is 0 Å². The van der Waals surface area contributed by atoms with Gasteiger partial charge in [0, 0.05) is 19.7 Å². The topological polar surface area (TPSA) is 67.4 Å². The highest BCUT2D eigenvalue weighted by Crippen LogP contribution is 1.84. The van der Waals surface area contributed by atoms with Gasteiger partial charge >= 0.3 is 0 Å². The van der Waals surface area contributed by atoms with Crippen LogP contribution in [0.5, 0.6) is 0 Å². The Morgan fingerprint density at radius 1 is 1.46 bits per heavy atom. The van der Waals surface area contributed by atoms with Crippen LogP contribution in [0.25, 0.3) is 0 Å². The molecule has 0 radical (unpaired) electrons. The Morgan fingerprint density at radius 3 is 2.54 bits per heavy atom. The van der Waals surface area contributed by atoms with E-state index in [0.29, 0.717) is 13.2 Å². The van der Waals surface area contributed by atoms with Gasteiger partial charge in [0.1, 0.15) is 0 Å². The second kappa shape index (κ2) is 6.31. The predicted molar refractivity (Wildman–Crippen MR) is 52.2 cm³/mol. The van der Waals surface area contributed by atoms with Crippen molar-refractivity contribution in [2.45, 2.75) is 13.0 Å². The molecule has 0 bridgehead atoms. The lowest BCUT2D eigenvalue weighted by Crippen LogP contribution is -2.36. The Hall–Kier alpha value is -0.170. The largest absolute Gasteiger partial charge is 0.383 e. The smallest absolute Gasteiger partial charge is 0.212 e. The van der Waals surface area contributed by atoms with Crippen molar-refractivity contribution in [1.29, 1.82) is 0 Å². The normalized spacial score (nSPS) is 14.4. The van der Waals surface area contributed by atoms with Crippen LogP contribution in [0, 0.1) is 0 Å². The van der Waals surface area contributed by atoms with Crippen molar-refractivity contribution in [2.24, 2.45) is 0 Å². The lowest BCUT2D eigenvalue weighted by Gasteiger charge is -2.11. The number of methoxy groups -OCH3 is 1. The summed E-state index contributed by atoms with van der Waals surface area (Å²) < 4.78 is 29.0. The van der Waals surface area contributed by atoms with E-state index < -0.39 is 10.0 Å². The first-order valence-electron chi connectivity index (χ1n) is 4.15. The van der Waals surface area contributed by atoms with Gasteiger partial charge in [0.25, 0.3) is 0 Å². The molecule has 0 rings (SSSR count). The number of nitrogens with one attached hydrogen (secondary N) is 2. The van der Waals surface area contributed by atoms with Gasteiger partial charge in [-0.3, -0.25) is 0 Å². The summed E-state index contributed by atoms with van der Waals surface area (Å²) in [6.45, 7) is 2.96. The maximum atomic E-state index is 11.0. The van der Waals surface area contributed by atoms with Crippen molar-refractivity contribution in [3.63, 3.8) is 0 Å². The fourth-order valence-corrected chi connectivity index (χ4v) is 1.44. The molecule has 0 aliphatic rings. The first-order valence-corrected chi connectivity index (χ1v) is 5.80. The summed E-state index contributed by atoms with van der Waals surface area (Å²) in [5.41, 5.74) is 0. The SMILES string of the molecule is CNS(=O)(=O)CCNC(C)COC. The van der Waals surface area contributed by atoms with Crippen molar-refractivity contribution >= 4 is 10.0 Å². The summed E-state index contributed by atoms with van der Waals surface area (Å²) >= 11 is 0. The van der Waals surface area contributed by atoms with Gasteiger partial charge in [-0.05, 0) is 14.0 Å². The Morgan fingerprint density at radius 2 is 2.08 bits per heavy atom. The third-order valence-corrected chi connectivity index (χ3v) is 2.95. The average molecular weight is 210 g/mol. The average Bonchev–Trinajstić information content (AvgIpc) is 2.05. The number of hydrogen-bond donors (Lipinski definition) is 2. The van der Waals surface area contributed by atoms with E-state index >= 15 is 0 Å². The molecule has 0 aromatic rings. The molecule has 0 spiro atoms. The van der Waals surface area contributed by atoms with E-state index in [1.54, 1.807) is 7.11 Å². The lowest BCUT2D eigenvalue weighted by atomic mass is 10.4. The molecule has 5 nitrogen and oxygen atoms in total. The van der Waals surface area contributed by atoms with E-state index in [4.69, 9.17) is 4.74 Å². The van der Waals surface area contributed by atoms with E-state index in [1.165, 1.54) is 7.05 Å². The molecule has 0 saturated carbocycles. The highest BCUT2D eigenvalue weighted by molar-refractivity contribution is 7.89. The van der Waals surface area contributed by atoms with Crippen LogP contribution in [-0.4, -0.2) is 47.5 Å². The third kappa shape index (κ3) is 6.94. The van der Waals surface area contributed by atoms with Crippen molar-refractivity contribution < 1.29 is 13.2 Å². The van der Waals surface area contributed by atoms with Crippen LogP contribution < -0.4 is 10.0 Å². The minimum atomic E-state index is -3.08. The van der Waals surface area contributed by atoms with Crippen molar-refractivity contribution in [1.82, 2.24) is 10.0 Å². The zero-order valence-electron chi connectivity index (χ0n) is 8.33. The predicted octanol–water partition coefficient (Wildman–Crippen LogP) is -0.840. The lowest BCUT2D eigenvalue weighted by molar-refractivity contribution is 0.173. The van der Waals surface area contributed by atoms with Gasteiger partial charge in [0.05, 0.1) is 12.4 Å². The van der Waals surface area contributed by atoms with E-state index in [9.17, 15) is 8.42 Å². The van der Waals surface area contributed by atoms with Crippen LogP contribution in [-0.2, 0) is 14.8 Å². The first kappa shape index (κ1) is 12.8. The Bertz CT molecular complexity index is 216. The van der Waals surface area contributed by atoms with Crippen LogP contribution in [0.3, 0.4) is 0 Å². The molecule has 0 aromatic carbocycles. The molecular formula is C7H18N2O3S. The van der Waals surface area contributed by atoms with E-state index in [1.807, 2.05) is 6.92 Å². The Kier molecular flexibility index (Phi) is 6.23. The second-order valence-electron chi connectivity index (χ2n) is 2.83. The summed E-state index contributed by atoms with van der Waals surface area (Å²) in [5.74, 6) is 0.0948. The maximum absolute atomic E-state index is 11.0. The maximum Gasteiger partial charge on any atom is 0.212 e. The summed E-state index contributed by atoms with van der Waals surface area (Å²) in [7, 11) is -0.0592. The highest BCUT2D eigenvalue weighted by atomic mass is 32.2. The zero-order chi connectivity index (χ0) is 10.3. The number of ether oxygens (including phenoxy) is 1. The quantitative estimate of drug-likeness (QED) is 0.575. The van der Waals surface area contributed by atoms with Crippen LogP contribution in [0.2, 0.25) is 0 Å². The van der Waals surface area contributed by atoms with Gasteiger partial charge in [-0.25, -0.2) is 13.1 Å². The molecule has 1 atom stereocenters. The summed E-state index contributed by atoms with van der Waals surface area (Å²) in [6.07, 6.45) is 0. The molecule has 2 N–H and O–H groups in total. The fraction of sp³-hybridized carbons (Fsp3) is 1.00. The van der Waals surface area contributed by atoms with Crippen molar-refractivity contribution in [2.75, 3.05) is 33.1 Å². The van der Waals surface area contributed by atoms with Gasteiger partial charge in [-0.15, -0.1) is 0 Å². The number of rotatable bonds is 7. The van der Waals surface area contributed by atoms with E-state index in [0.717, 1.165) is 0 Å². The summed E-state index contributed by atoms with van der Waals surface area (Å²) in [4.78, 5) is 0. The first-order chi connectivity index (χ1) is 6.02. The molecule has 0 amide bonds. The van der Waals surface area contributed by atoms with Gasteiger partial charge in [0.15, 0.2) is 0 Å². The standard InChI is InChI=1S/C7H18N2O3S/c1-7(6-12-3)9-4-5-13(10,11)8-2/h7-9H,4-6H2,1-3H3. The van der Waals surface area contributed by atoms with Gasteiger partial charge in [-0.2, -0.15) is 0 Å². The Labute approximate surface area is 79.9 Å². The molecule has 0 aromatic heterocycles. The minimum absolute atomic E-state index is 0.0948.